The van der Waals surface area contributed by atoms with Gasteiger partial charge in [-0.25, -0.2) is 9.78 Å². The van der Waals surface area contributed by atoms with Gasteiger partial charge in [0, 0.05) is 6.54 Å². The van der Waals surface area contributed by atoms with Crippen LogP contribution in [0.4, 0.5) is 0 Å². The minimum absolute atomic E-state index is 0.346. The summed E-state index contributed by atoms with van der Waals surface area (Å²) in [5.74, 6) is -0.773. The standard InChI is InChI=1S/C14H20N4O4/c1-3-4-5-18-11-10(12(19)16-13(18)20)17(9-15-11)8-14(2)21-6-7-22-14/h9H,3-8H2,1-2H3,(H,16,19,20). The second-order valence-corrected chi connectivity index (χ2v) is 5.64. The van der Waals surface area contributed by atoms with E-state index in [0.29, 0.717) is 37.5 Å². The predicted molar refractivity (Wildman–Crippen MR) is 79.8 cm³/mol. The third kappa shape index (κ3) is 2.59. The van der Waals surface area contributed by atoms with Crippen LogP contribution in [0.1, 0.15) is 26.7 Å². The van der Waals surface area contributed by atoms with E-state index in [1.807, 2.05) is 13.8 Å². The maximum atomic E-state index is 12.2. The van der Waals surface area contributed by atoms with E-state index in [1.165, 1.54) is 4.57 Å². The third-order valence-electron chi connectivity index (χ3n) is 3.85. The fourth-order valence-corrected chi connectivity index (χ4v) is 2.72. The molecular weight excluding hydrogens is 288 g/mol. The summed E-state index contributed by atoms with van der Waals surface area (Å²) in [6.45, 7) is 5.80. The topological polar surface area (TPSA) is 91.1 Å². The van der Waals surface area contributed by atoms with Gasteiger partial charge in [0.25, 0.3) is 5.56 Å². The van der Waals surface area contributed by atoms with Crippen molar-refractivity contribution in [3.05, 3.63) is 27.2 Å². The second kappa shape index (κ2) is 5.69. The van der Waals surface area contributed by atoms with E-state index in [1.54, 1.807) is 10.9 Å². The Hall–Kier alpha value is -1.93. The number of aryl methyl sites for hydroxylation is 1. The maximum absolute atomic E-state index is 12.2. The summed E-state index contributed by atoms with van der Waals surface area (Å²) in [6.07, 6.45) is 3.35. The van der Waals surface area contributed by atoms with Gasteiger partial charge < -0.3 is 14.0 Å². The second-order valence-electron chi connectivity index (χ2n) is 5.64. The number of rotatable bonds is 5. The molecule has 1 aliphatic rings. The van der Waals surface area contributed by atoms with Crippen molar-refractivity contribution in [1.82, 2.24) is 19.1 Å². The van der Waals surface area contributed by atoms with Crippen molar-refractivity contribution in [2.75, 3.05) is 13.2 Å². The fraction of sp³-hybridized carbons (Fsp3) is 0.643. The van der Waals surface area contributed by atoms with E-state index < -0.39 is 17.0 Å². The molecule has 3 heterocycles. The number of nitrogens with zero attached hydrogens (tertiary/aromatic N) is 3. The first-order valence-electron chi connectivity index (χ1n) is 7.50. The molecule has 8 nitrogen and oxygen atoms in total. The summed E-state index contributed by atoms with van der Waals surface area (Å²) in [5, 5.41) is 0. The molecule has 22 heavy (non-hydrogen) atoms. The summed E-state index contributed by atoms with van der Waals surface area (Å²) in [5.41, 5.74) is -0.0811. The van der Waals surface area contributed by atoms with Crippen LogP contribution >= 0.6 is 0 Å². The Kier molecular flexibility index (Phi) is 3.88. The average molecular weight is 308 g/mol. The summed E-state index contributed by atoms with van der Waals surface area (Å²) in [6, 6.07) is 0. The number of fused-ring (bicyclic) bond motifs is 1. The van der Waals surface area contributed by atoms with Crippen molar-refractivity contribution in [3.8, 4) is 0 Å². The van der Waals surface area contributed by atoms with E-state index >= 15 is 0 Å². The van der Waals surface area contributed by atoms with Gasteiger partial charge in [0.1, 0.15) is 0 Å². The average Bonchev–Trinajstić information content (AvgIpc) is 3.06. The molecule has 1 saturated heterocycles. The number of aromatic amines is 1. The third-order valence-corrected chi connectivity index (χ3v) is 3.85. The highest BCUT2D eigenvalue weighted by atomic mass is 16.7. The van der Waals surface area contributed by atoms with Crippen LogP contribution < -0.4 is 11.2 Å². The highest BCUT2D eigenvalue weighted by molar-refractivity contribution is 5.69. The van der Waals surface area contributed by atoms with Gasteiger partial charge in [-0.3, -0.25) is 14.3 Å². The van der Waals surface area contributed by atoms with Gasteiger partial charge in [-0.05, 0) is 13.3 Å². The van der Waals surface area contributed by atoms with Crippen molar-refractivity contribution in [2.24, 2.45) is 0 Å². The first-order chi connectivity index (χ1) is 10.5. The lowest BCUT2D eigenvalue weighted by Crippen LogP contribution is -2.34. The van der Waals surface area contributed by atoms with E-state index in [9.17, 15) is 9.59 Å². The number of hydrogen-bond donors (Lipinski definition) is 1. The molecule has 1 aliphatic heterocycles. The molecule has 0 aliphatic carbocycles. The van der Waals surface area contributed by atoms with Gasteiger partial charge in [0.05, 0.1) is 26.1 Å². The molecule has 2 aromatic heterocycles. The van der Waals surface area contributed by atoms with Gasteiger partial charge in [-0.15, -0.1) is 0 Å². The number of hydrogen-bond acceptors (Lipinski definition) is 5. The summed E-state index contributed by atoms with van der Waals surface area (Å²) in [4.78, 5) is 30.8. The van der Waals surface area contributed by atoms with Crippen LogP contribution in [0.3, 0.4) is 0 Å². The normalized spacial score (nSPS) is 17.4. The SMILES string of the molecule is CCCCn1c(=O)[nH]c(=O)c2c1ncn2CC1(C)OCCO1. The van der Waals surface area contributed by atoms with Gasteiger partial charge in [0.15, 0.2) is 17.0 Å². The van der Waals surface area contributed by atoms with E-state index in [-0.39, 0.29) is 0 Å². The Morgan fingerprint density at radius 2 is 2.09 bits per heavy atom. The zero-order chi connectivity index (χ0) is 15.7. The number of unbranched alkanes of at least 4 members (excludes halogenated alkanes) is 1. The van der Waals surface area contributed by atoms with Gasteiger partial charge in [0.2, 0.25) is 0 Å². The smallest absolute Gasteiger partial charge is 0.330 e. The zero-order valence-corrected chi connectivity index (χ0v) is 12.8. The van der Waals surface area contributed by atoms with E-state index in [2.05, 4.69) is 9.97 Å². The van der Waals surface area contributed by atoms with Crippen LogP contribution in [-0.2, 0) is 22.6 Å². The molecule has 1 fully saturated rings. The molecule has 0 spiro atoms. The molecule has 8 heteroatoms. The van der Waals surface area contributed by atoms with Crippen molar-refractivity contribution >= 4 is 11.2 Å². The number of H-pyrrole nitrogens is 1. The Balaban J connectivity index is 2.06. The van der Waals surface area contributed by atoms with Crippen LogP contribution in [0.5, 0.6) is 0 Å². The lowest BCUT2D eigenvalue weighted by Gasteiger charge is -2.22. The number of aromatic nitrogens is 4. The van der Waals surface area contributed by atoms with Crippen LogP contribution in [0.25, 0.3) is 11.2 Å². The van der Waals surface area contributed by atoms with Crippen LogP contribution in [-0.4, -0.2) is 38.1 Å². The molecule has 1 N–H and O–H groups in total. The predicted octanol–water partition coefficient (Wildman–Crippen LogP) is 0.449. The lowest BCUT2D eigenvalue weighted by atomic mass is 10.3. The molecule has 3 rings (SSSR count). The molecular formula is C14H20N4O4. The molecule has 120 valence electrons. The maximum Gasteiger partial charge on any atom is 0.330 e. The van der Waals surface area contributed by atoms with Gasteiger partial charge >= 0.3 is 5.69 Å². The van der Waals surface area contributed by atoms with E-state index in [4.69, 9.17) is 9.47 Å². The summed E-state index contributed by atoms with van der Waals surface area (Å²) < 4.78 is 14.3. The van der Waals surface area contributed by atoms with Crippen molar-refractivity contribution in [1.29, 1.82) is 0 Å². The van der Waals surface area contributed by atoms with Crippen LogP contribution in [0.15, 0.2) is 15.9 Å². The van der Waals surface area contributed by atoms with Gasteiger partial charge in [-0.2, -0.15) is 0 Å². The highest BCUT2D eigenvalue weighted by Gasteiger charge is 2.32. The molecule has 0 bridgehead atoms. The largest absolute Gasteiger partial charge is 0.346 e. The Morgan fingerprint density at radius 3 is 2.77 bits per heavy atom. The molecule has 0 saturated carbocycles. The molecule has 0 aromatic carbocycles. The Bertz CT molecular complexity index is 782. The number of imidazole rings is 1. The van der Waals surface area contributed by atoms with E-state index in [0.717, 1.165) is 12.8 Å². The monoisotopic (exact) mass is 308 g/mol. The Morgan fingerprint density at radius 1 is 1.36 bits per heavy atom. The highest BCUT2D eigenvalue weighted by Crippen LogP contribution is 2.22. The molecule has 0 atom stereocenters. The fourth-order valence-electron chi connectivity index (χ4n) is 2.72. The molecule has 0 radical (unpaired) electrons. The zero-order valence-electron chi connectivity index (χ0n) is 12.8. The minimum Gasteiger partial charge on any atom is -0.346 e. The lowest BCUT2D eigenvalue weighted by molar-refractivity contribution is -0.151. The molecule has 0 unspecified atom stereocenters. The molecule has 2 aromatic rings. The van der Waals surface area contributed by atoms with Crippen LogP contribution in [0.2, 0.25) is 0 Å². The molecule has 0 amide bonds. The first-order valence-corrected chi connectivity index (χ1v) is 7.50. The van der Waals surface area contributed by atoms with Crippen molar-refractivity contribution in [2.45, 2.75) is 45.6 Å². The Labute approximate surface area is 126 Å². The van der Waals surface area contributed by atoms with Gasteiger partial charge in [-0.1, -0.05) is 13.3 Å². The minimum atomic E-state index is -0.773. The quantitative estimate of drug-likeness (QED) is 0.866. The first kappa shape index (κ1) is 15.0. The van der Waals surface area contributed by atoms with Crippen LogP contribution in [0, 0.1) is 0 Å². The van der Waals surface area contributed by atoms with Crippen molar-refractivity contribution in [3.63, 3.8) is 0 Å². The van der Waals surface area contributed by atoms with Crippen molar-refractivity contribution < 1.29 is 9.47 Å². The number of ether oxygens (including phenoxy) is 2. The summed E-state index contributed by atoms with van der Waals surface area (Å²) >= 11 is 0. The summed E-state index contributed by atoms with van der Waals surface area (Å²) in [7, 11) is 0. The number of nitrogens with one attached hydrogen (secondary N) is 1.